The summed E-state index contributed by atoms with van der Waals surface area (Å²) in [4.78, 5) is 38.5. The summed E-state index contributed by atoms with van der Waals surface area (Å²) in [7, 11) is 0. The minimum Gasteiger partial charge on any atom is -0.481 e. The molecule has 1 aliphatic heterocycles. The van der Waals surface area contributed by atoms with Crippen LogP contribution in [0.3, 0.4) is 0 Å². The molecule has 1 aliphatic rings. The normalized spacial score (nSPS) is 15.7. The van der Waals surface area contributed by atoms with Crippen LogP contribution in [0, 0.1) is 16.0 Å². The summed E-state index contributed by atoms with van der Waals surface area (Å²) in [6.45, 7) is 0.745. The molecule has 0 bridgehead atoms. The van der Waals surface area contributed by atoms with E-state index in [1.165, 1.54) is 12.1 Å². The van der Waals surface area contributed by atoms with Gasteiger partial charge < -0.3 is 15.0 Å². The smallest absolute Gasteiger partial charge is 0.306 e. The van der Waals surface area contributed by atoms with Crippen LogP contribution >= 0.6 is 0 Å². The van der Waals surface area contributed by atoms with E-state index >= 15 is 0 Å². The Bertz CT molecular complexity index is 790. The number of carbonyl (C=O) groups excluding carboxylic acids is 1. The Hall–Kier alpha value is -2.90. The fourth-order valence-corrected chi connectivity index (χ4v) is 2.90. The van der Waals surface area contributed by atoms with Gasteiger partial charge >= 0.3 is 5.97 Å². The predicted octanol–water partition coefficient (Wildman–Crippen LogP) is 2.01. The zero-order valence-corrected chi connectivity index (χ0v) is 12.2. The number of amides is 1. The molecule has 1 amide bonds. The summed E-state index contributed by atoms with van der Waals surface area (Å²) in [5.41, 5.74) is 0.951. The van der Waals surface area contributed by atoms with Crippen LogP contribution in [0.25, 0.3) is 10.9 Å². The third-order valence-electron chi connectivity index (χ3n) is 4.24. The quantitative estimate of drug-likeness (QED) is 0.663. The van der Waals surface area contributed by atoms with Crippen LogP contribution in [-0.2, 0) is 4.79 Å². The van der Waals surface area contributed by atoms with Gasteiger partial charge in [0.15, 0.2) is 0 Å². The molecular weight excluding hydrogens is 302 g/mol. The van der Waals surface area contributed by atoms with Crippen LogP contribution in [-0.4, -0.2) is 44.9 Å². The minimum absolute atomic E-state index is 0.0734. The monoisotopic (exact) mass is 317 g/mol. The Morgan fingerprint density at radius 2 is 2.00 bits per heavy atom. The van der Waals surface area contributed by atoms with Gasteiger partial charge in [-0.25, -0.2) is 0 Å². The van der Waals surface area contributed by atoms with Gasteiger partial charge in [-0.05, 0) is 18.9 Å². The van der Waals surface area contributed by atoms with E-state index in [1.54, 1.807) is 17.2 Å². The van der Waals surface area contributed by atoms with Crippen molar-refractivity contribution in [3.8, 4) is 0 Å². The summed E-state index contributed by atoms with van der Waals surface area (Å²) in [6, 6.07) is 4.33. The maximum absolute atomic E-state index is 12.6. The second kappa shape index (κ2) is 5.71. The summed E-state index contributed by atoms with van der Waals surface area (Å²) < 4.78 is 0. The van der Waals surface area contributed by atoms with Crippen molar-refractivity contribution in [2.75, 3.05) is 13.1 Å². The zero-order valence-electron chi connectivity index (χ0n) is 12.2. The van der Waals surface area contributed by atoms with Crippen LogP contribution in [0.1, 0.15) is 23.2 Å². The first-order valence-electron chi connectivity index (χ1n) is 7.25. The number of hydrogen-bond acceptors (Lipinski definition) is 4. The number of carboxylic acid groups (broad SMARTS) is 1. The largest absolute Gasteiger partial charge is 0.481 e. The Morgan fingerprint density at radius 1 is 1.30 bits per heavy atom. The highest BCUT2D eigenvalue weighted by molar-refractivity contribution is 6.07. The Kier molecular flexibility index (Phi) is 3.73. The van der Waals surface area contributed by atoms with Gasteiger partial charge in [0, 0.05) is 42.3 Å². The second-order valence-corrected chi connectivity index (χ2v) is 5.59. The first-order valence-corrected chi connectivity index (χ1v) is 7.25. The number of benzene rings is 1. The molecular formula is C15H15N3O5. The summed E-state index contributed by atoms with van der Waals surface area (Å²) in [5.74, 6) is -1.48. The van der Waals surface area contributed by atoms with Crippen LogP contribution in [0.5, 0.6) is 0 Å². The maximum atomic E-state index is 12.6. The van der Waals surface area contributed by atoms with Gasteiger partial charge in [-0.15, -0.1) is 0 Å². The fourth-order valence-electron chi connectivity index (χ4n) is 2.90. The lowest BCUT2D eigenvalue weighted by atomic mass is 9.96. The van der Waals surface area contributed by atoms with E-state index in [1.807, 2.05) is 0 Å². The number of nitro benzene ring substituents is 1. The number of aromatic amines is 1. The summed E-state index contributed by atoms with van der Waals surface area (Å²) >= 11 is 0. The lowest BCUT2D eigenvalue weighted by Gasteiger charge is -2.30. The van der Waals surface area contributed by atoms with Gasteiger partial charge in [0.25, 0.3) is 11.6 Å². The molecule has 0 unspecified atom stereocenters. The highest BCUT2D eigenvalue weighted by Crippen LogP contribution is 2.26. The van der Waals surface area contributed by atoms with Crippen molar-refractivity contribution >= 4 is 28.5 Å². The number of rotatable bonds is 3. The number of aromatic nitrogens is 1. The van der Waals surface area contributed by atoms with Gasteiger partial charge in [-0.3, -0.25) is 19.7 Å². The average molecular weight is 317 g/mol. The fraction of sp³-hybridized carbons (Fsp3) is 0.333. The van der Waals surface area contributed by atoms with Crippen molar-refractivity contribution in [2.24, 2.45) is 5.92 Å². The second-order valence-electron chi connectivity index (χ2n) is 5.59. The van der Waals surface area contributed by atoms with Crippen molar-refractivity contribution in [1.29, 1.82) is 0 Å². The number of hydrogen-bond donors (Lipinski definition) is 2. The van der Waals surface area contributed by atoms with Crippen molar-refractivity contribution in [1.82, 2.24) is 9.88 Å². The van der Waals surface area contributed by atoms with Crippen LogP contribution in [0.4, 0.5) is 5.69 Å². The molecule has 0 atom stereocenters. The number of piperidine rings is 1. The molecule has 0 aliphatic carbocycles. The molecule has 8 heteroatoms. The molecule has 1 fully saturated rings. The number of fused-ring (bicyclic) bond motifs is 1. The Balaban J connectivity index is 1.85. The third-order valence-corrected chi connectivity index (χ3v) is 4.24. The topological polar surface area (TPSA) is 117 Å². The molecule has 120 valence electrons. The molecule has 0 radical (unpaired) electrons. The van der Waals surface area contributed by atoms with E-state index in [0.717, 1.165) is 0 Å². The molecule has 3 rings (SSSR count). The summed E-state index contributed by atoms with van der Waals surface area (Å²) in [5, 5.41) is 20.4. The van der Waals surface area contributed by atoms with Crippen LogP contribution in [0.15, 0.2) is 24.4 Å². The molecule has 1 aromatic heterocycles. The number of aliphatic carboxylic acids is 1. The highest BCUT2D eigenvalue weighted by Gasteiger charge is 2.28. The number of nitrogens with zero attached hydrogens (tertiary/aromatic N) is 2. The molecule has 0 saturated carbocycles. The molecule has 0 spiro atoms. The van der Waals surface area contributed by atoms with Crippen molar-refractivity contribution in [3.63, 3.8) is 0 Å². The average Bonchev–Trinajstić information content (AvgIpc) is 2.97. The van der Waals surface area contributed by atoms with Gasteiger partial charge in [0.2, 0.25) is 0 Å². The van der Waals surface area contributed by atoms with Gasteiger partial charge in [0.05, 0.1) is 16.4 Å². The number of carbonyl (C=O) groups is 2. The van der Waals surface area contributed by atoms with E-state index in [9.17, 15) is 19.7 Å². The third kappa shape index (κ3) is 2.75. The predicted molar refractivity (Wildman–Crippen MR) is 81.2 cm³/mol. The van der Waals surface area contributed by atoms with Gasteiger partial charge in [0.1, 0.15) is 0 Å². The Labute approximate surface area is 130 Å². The maximum Gasteiger partial charge on any atom is 0.306 e. The van der Waals surface area contributed by atoms with E-state index in [2.05, 4.69) is 4.98 Å². The Morgan fingerprint density at radius 3 is 2.61 bits per heavy atom. The molecule has 23 heavy (non-hydrogen) atoms. The minimum atomic E-state index is -0.834. The molecule has 2 N–H and O–H groups in total. The van der Waals surface area contributed by atoms with Crippen LogP contribution < -0.4 is 0 Å². The summed E-state index contributed by atoms with van der Waals surface area (Å²) in [6.07, 6.45) is 2.38. The number of carboxylic acids is 1. The van der Waals surface area contributed by atoms with Crippen molar-refractivity contribution in [2.45, 2.75) is 12.8 Å². The van der Waals surface area contributed by atoms with E-state index in [0.29, 0.717) is 42.4 Å². The van der Waals surface area contributed by atoms with Gasteiger partial charge in [-0.2, -0.15) is 0 Å². The SMILES string of the molecule is O=C(O)C1CCN(C(=O)c2c[nH]c3ccc([N+](=O)[O-])cc23)CC1. The number of non-ortho nitro benzene ring substituents is 1. The van der Waals surface area contributed by atoms with E-state index in [4.69, 9.17) is 5.11 Å². The first kappa shape index (κ1) is 15.0. The molecule has 1 saturated heterocycles. The number of nitro groups is 1. The standard InChI is InChI=1S/C15H15N3O5/c19-14(17-5-3-9(4-6-17)15(20)21)12-8-16-13-2-1-10(18(22)23)7-11(12)13/h1-2,7-9,16H,3-6H2,(H,20,21). The number of nitrogens with one attached hydrogen (secondary N) is 1. The first-order chi connectivity index (χ1) is 11.0. The number of likely N-dealkylation sites (tertiary alicyclic amines) is 1. The zero-order chi connectivity index (χ0) is 16.6. The van der Waals surface area contributed by atoms with Crippen molar-refractivity contribution in [3.05, 3.63) is 40.1 Å². The highest BCUT2D eigenvalue weighted by atomic mass is 16.6. The molecule has 2 aromatic rings. The van der Waals surface area contributed by atoms with Gasteiger partial charge in [-0.1, -0.05) is 0 Å². The lowest BCUT2D eigenvalue weighted by Crippen LogP contribution is -2.40. The van der Waals surface area contributed by atoms with Crippen molar-refractivity contribution < 1.29 is 19.6 Å². The van der Waals surface area contributed by atoms with Crippen LogP contribution in [0.2, 0.25) is 0 Å². The molecule has 2 heterocycles. The van der Waals surface area contributed by atoms with E-state index in [-0.39, 0.29) is 11.6 Å². The molecule has 1 aromatic carbocycles. The lowest BCUT2D eigenvalue weighted by molar-refractivity contribution is -0.384. The number of H-pyrrole nitrogens is 1. The molecule has 8 nitrogen and oxygen atoms in total. The van der Waals surface area contributed by atoms with E-state index < -0.39 is 16.8 Å².